The molecule has 106 valence electrons. The van der Waals surface area contributed by atoms with Crippen molar-refractivity contribution < 1.29 is 13.5 Å². The van der Waals surface area contributed by atoms with Crippen LogP contribution in [-0.2, 0) is 16.6 Å². The van der Waals surface area contributed by atoms with Crippen LogP contribution in [0.3, 0.4) is 0 Å². The van der Waals surface area contributed by atoms with E-state index in [1.54, 1.807) is 36.4 Å². The third-order valence-corrected chi connectivity index (χ3v) is 4.56. The monoisotopic (exact) mass is 291 g/mol. The van der Waals surface area contributed by atoms with Gasteiger partial charge in [-0.3, -0.25) is 0 Å². The first-order valence-corrected chi connectivity index (χ1v) is 7.71. The molecule has 0 heterocycles. The molecule has 0 atom stereocenters. The van der Waals surface area contributed by atoms with E-state index >= 15 is 0 Å². The quantitative estimate of drug-likeness (QED) is 0.909. The number of nitrogens with one attached hydrogen (secondary N) is 1. The van der Waals surface area contributed by atoms with E-state index in [9.17, 15) is 13.5 Å². The summed E-state index contributed by atoms with van der Waals surface area (Å²) < 4.78 is 26.9. The van der Waals surface area contributed by atoms with Crippen molar-refractivity contribution in [1.29, 1.82) is 0 Å². The van der Waals surface area contributed by atoms with E-state index in [2.05, 4.69) is 4.72 Å². The number of sulfonamides is 1. The molecule has 0 spiro atoms. The van der Waals surface area contributed by atoms with Crippen LogP contribution in [0.15, 0.2) is 47.4 Å². The van der Waals surface area contributed by atoms with Crippen LogP contribution in [0, 0.1) is 13.8 Å². The fourth-order valence-electron chi connectivity index (χ4n) is 1.81. The molecule has 0 fully saturated rings. The SMILES string of the molecule is Cc1ccc(S(=O)(=O)NCc2cccc(O)c2)cc1C. The summed E-state index contributed by atoms with van der Waals surface area (Å²) in [5.74, 6) is 0.118. The third-order valence-electron chi connectivity index (χ3n) is 3.17. The average molecular weight is 291 g/mol. The lowest BCUT2D eigenvalue weighted by Gasteiger charge is -2.09. The maximum absolute atomic E-state index is 12.2. The molecule has 2 aromatic rings. The number of hydrogen-bond acceptors (Lipinski definition) is 3. The summed E-state index contributed by atoms with van der Waals surface area (Å²) in [7, 11) is -3.54. The summed E-state index contributed by atoms with van der Waals surface area (Å²) in [5.41, 5.74) is 2.69. The van der Waals surface area contributed by atoms with Gasteiger partial charge in [0.1, 0.15) is 5.75 Å². The van der Waals surface area contributed by atoms with E-state index in [-0.39, 0.29) is 17.2 Å². The van der Waals surface area contributed by atoms with Crippen molar-refractivity contribution in [3.05, 3.63) is 59.2 Å². The maximum Gasteiger partial charge on any atom is 0.240 e. The van der Waals surface area contributed by atoms with Crippen LogP contribution >= 0.6 is 0 Å². The predicted molar refractivity (Wildman–Crippen MR) is 78.0 cm³/mol. The van der Waals surface area contributed by atoms with Gasteiger partial charge in [-0.2, -0.15) is 0 Å². The molecule has 2 N–H and O–H groups in total. The highest BCUT2D eigenvalue weighted by Gasteiger charge is 2.14. The summed E-state index contributed by atoms with van der Waals surface area (Å²) in [5, 5.41) is 9.35. The van der Waals surface area contributed by atoms with Crippen molar-refractivity contribution in [3.63, 3.8) is 0 Å². The Morgan fingerprint density at radius 2 is 1.80 bits per heavy atom. The lowest BCUT2D eigenvalue weighted by atomic mass is 10.1. The molecule has 0 aliphatic rings. The van der Waals surface area contributed by atoms with Crippen molar-refractivity contribution in [2.45, 2.75) is 25.3 Å². The second-order valence-corrected chi connectivity index (χ2v) is 6.51. The van der Waals surface area contributed by atoms with Crippen molar-refractivity contribution in [1.82, 2.24) is 4.72 Å². The first kappa shape index (κ1) is 14.6. The second kappa shape index (κ2) is 5.64. The number of aromatic hydroxyl groups is 1. The summed E-state index contributed by atoms with van der Waals surface area (Å²) in [4.78, 5) is 0.251. The molecule has 5 heteroatoms. The third kappa shape index (κ3) is 3.37. The highest BCUT2D eigenvalue weighted by atomic mass is 32.2. The zero-order chi connectivity index (χ0) is 14.8. The Morgan fingerprint density at radius 3 is 2.45 bits per heavy atom. The van der Waals surface area contributed by atoms with Gasteiger partial charge in [-0.05, 0) is 54.8 Å². The number of hydrogen-bond donors (Lipinski definition) is 2. The van der Waals surface area contributed by atoms with Gasteiger partial charge < -0.3 is 5.11 Å². The van der Waals surface area contributed by atoms with Crippen LogP contribution < -0.4 is 4.72 Å². The van der Waals surface area contributed by atoms with E-state index in [1.165, 1.54) is 6.07 Å². The van der Waals surface area contributed by atoms with Crippen LogP contribution in [-0.4, -0.2) is 13.5 Å². The minimum absolute atomic E-state index is 0.118. The Balaban J connectivity index is 2.17. The topological polar surface area (TPSA) is 66.4 Å². The van der Waals surface area contributed by atoms with Crippen molar-refractivity contribution >= 4 is 10.0 Å². The maximum atomic E-state index is 12.2. The normalized spacial score (nSPS) is 11.5. The molecule has 0 unspecified atom stereocenters. The molecule has 0 saturated carbocycles. The molecule has 4 nitrogen and oxygen atoms in total. The molecule has 0 aliphatic carbocycles. The van der Waals surface area contributed by atoms with Crippen LogP contribution in [0.2, 0.25) is 0 Å². The molecule has 2 aromatic carbocycles. The standard InChI is InChI=1S/C15H17NO3S/c1-11-6-7-15(8-12(11)2)20(18,19)16-10-13-4-3-5-14(17)9-13/h3-9,16-17H,10H2,1-2H3. The Bertz CT molecular complexity index is 724. The minimum atomic E-state index is -3.54. The molecular formula is C15H17NO3S. The Kier molecular flexibility index (Phi) is 4.11. The lowest BCUT2D eigenvalue weighted by Crippen LogP contribution is -2.23. The van der Waals surface area contributed by atoms with E-state index in [4.69, 9.17) is 0 Å². The first-order valence-electron chi connectivity index (χ1n) is 6.23. The van der Waals surface area contributed by atoms with Gasteiger partial charge in [-0.25, -0.2) is 13.1 Å². The fraction of sp³-hybridized carbons (Fsp3) is 0.200. The minimum Gasteiger partial charge on any atom is -0.508 e. The summed E-state index contributed by atoms with van der Waals surface area (Å²) in [6, 6.07) is 11.5. The number of benzene rings is 2. The van der Waals surface area contributed by atoms with Gasteiger partial charge in [0.25, 0.3) is 0 Å². The van der Waals surface area contributed by atoms with Crippen LogP contribution in [0.25, 0.3) is 0 Å². The van der Waals surface area contributed by atoms with Crippen molar-refractivity contribution in [3.8, 4) is 5.75 Å². The largest absolute Gasteiger partial charge is 0.508 e. The van der Waals surface area contributed by atoms with Crippen LogP contribution in [0.5, 0.6) is 5.75 Å². The van der Waals surface area contributed by atoms with Crippen molar-refractivity contribution in [2.75, 3.05) is 0 Å². The molecule has 0 aliphatic heterocycles. The fourth-order valence-corrected chi connectivity index (χ4v) is 2.91. The predicted octanol–water partition coefficient (Wildman–Crippen LogP) is 2.49. The smallest absolute Gasteiger partial charge is 0.240 e. The average Bonchev–Trinajstić information content (AvgIpc) is 2.40. The van der Waals surface area contributed by atoms with Gasteiger partial charge in [0.2, 0.25) is 10.0 Å². The van der Waals surface area contributed by atoms with Crippen molar-refractivity contribution in [2.24, 2.45) is 0 Å². The number of phenolic OH excluding ortho intramolecular Hbond substituents is 1. The zero-order valence-electron chi connectivity index (χ0n) is 11.4. The second-order valence-electron chi connectivity index (χ2n) is 4.74. The van der Waals surface area contributed by atoms with Crippen LogP contribution in [0.1, 0.15) is 16.7 Å². The Hall–Kier alpha value is -1.85. The molecule has 20 heavy (non-hydrogen) atoms. The summed E-state index contributed by atoms with van der Waals surface area (Å²) in [6.45, 7) is 3.96. The van der Waals surface area contributed by atoms with Gasteiger partial charge in [-0.1, -0.05) is 18.2 Å². The van der Waals surface area contributed by atoms with E-state index in [0.717, 1.165) is 11.1 Å². The van der Waals surface area contributed by atoms with Gasteiger partial charge in [-0.15, -0.1) is 0 Å². The number of phenols is 1. The first-order chi connectivity index (χ1) is 9.38. The molecule has 0 radical (unpaired) electrons. The summed E-state index contributed by atoms with van der Waals surface area (Å²) >= 11 is 0. The molecule has 0 aromatic heterocycles. The molecule has 0 saturated heterocycles. The van der Waals surface area contributed by atoms with E-state index in [1.807, 2.05) is 13.8 Å². The zero-order valence-corrected chi connectivity index (χ0v) is 12.2. The molecule has 2 rings (SSSR count). The van der Waals surface area contributed by atoms with Gasteiger partial charge in [0.15, 0.2) is 0 Å². The van der Waals surface area contributed by atoms with Gasteiger partial charge in [0.05, 0.1) is 4.90 Å². The Labute approximate surface area is 119 Å². The Morgan fingerprint density at radius 1 is 1.05 bits per heavy atom. The highest BCUT2D eigenvalue weighted by molar-refractivity contribution is 7.89. The summed E-state index contributed by atoms with van der Waals surface area (Å²) in [6.07, 6.45) is 0. The number of aryl methyl sites for hydroxylation is 2. The number of rotatable bonds is 4. The van der Waals surface area contributed by atoms with Crippen LogP contribution in [0.4, 0.5) is 0 Å². The van der Waals surface area contributed by atoms with Gasteiger partial charge >= 0.3 is 0 Å². The van der Waals surface area contributed by atoms with Gasteiger partial charge in [0, 0.05) is 6.54 Å². The molecule has 0 amide bonds. The molecule has 0 bridgehead atoms. The lowest BCUT2D eigenvalue weighted by molar-refractivity contribution is 0.474. The van der Waals surface area contributed by atoms with E-state index in [0.29, 0.717) is 5.56 Å². The highest BCUT2D eigenvalue weighted by Crippen LogP contribution is 2.16. The molecular weight excluding hydrogens is 274 g/mol. The van der Waals surface area contributed by atoms with E-state index < -0.39 is 10.0 Å².